The number of nitrogens with zero attached hydrogens (tertiary/aromatic N) is 2. The van der Waals surface area contributed by atoms with Crippen molar-refractivity contribution >= 4 is 38.8 Å². The van der Waals surface area contributed by atoms with Crippen LogP contribution in [0.15, 0.2) is 33.9 Å². The van der Waals surface area contributed by atoms with Gasteiger partial charge in [-0.25, -0.2) is 4.98 Å². The predicted molar refractivity (Wildman–Crippen MR) is 90.1 cm³/mol. The van der Waals surface area contributed by atoms with Crippen LogP contribution in [0.3, 0.4) is 0 Å². The number of carbonyl (C=O) groups excluding carboxylic acids is 1. The molecule has 0 saturated carbocycles. The number of benzene rings is 1. The molecular weight excluding hydrogens is 330 g/mol. The highest BCUT2D eigenvalue weighted by molar-refractivity contribution is 9.10. The zero-order valence-electron chi connectivity index (χ0n) is 12.1. The van der Waals surface area contributed by atoms with Gasteiger partial charge in [-0.3, -0.25) is 9.79 Å². The monoisotopic (exact) mass is 345 g/mol. The summed E-state index contributed by atoms with van der Waals surface area (Å²) in [5, 5.41) is 0.969. The summed E-state index contributed by atoms with van der Waals surface area (Å²) in [6, 6.07) is 3.70. The van der Waals surface area contributed by atoms with Crippen LogP contribution in [0.4, 0.5) is 0 Å². The van der Waals surface area contributed by atoms with Gasteiger partial charge in [0.2, 0.25) is 0 Å². The normalized spacial score (nSPS) is 12.3. The number of aliphatic imine (C=N–C) groups is 1. The molecule has 0 bridgehead atoms. The predicted octanol–water partition coefficient (Wildman–Crippen LogP) is 3.32. The zero-order valence-corrected chi connectivity index (χ0v) is 13.7. The molecule has 21 heavy (non-hydrogen) atoms. The largest absolute Gasteiger partial charge is 0.405 e. The number of aldehydes is 1. The fourth-order valence-electron chi connectivity index (χ4n) is 2.40. The van der Waals surface area contributed by atoms with Gasteiger partial charge in [-0.2, -0.15) is 0 Å². The van der Waals surface area contributed by atoms with E-state index < -0.39 is 0 Å². The number of halogens is 1. The van der Waals surface area contributed by atoms with E-state index in [2.05, 4.69) is 25.9 Å². The summed E-state index contributed by atoms with van der Waals surface area (Å²) in [5.41, 5.74) is 10.4. The molecular formula is C16H16BrN3O. The van der Waals surface area contributed by atoms with Crippen LogP contribution in [0.5, 0.6) is 0 Å². The van der Waals surface area contributed by atoms with E-state index in [4.69, 9.17) is 5.73 Å². The van der Waals surface area contributed by atoms with Crippen LogP contribution in [-0.4, -0.2) is 24.0 Å². The number of allylic oxidation sites excluding steroid dienone is 1. The van der Waals surface area contributed by atoms with E-state index in [9.17, 15) is 4.79 Å². The summed E-state index contributed by atoms with van der Waals surface area (Å²) >= 11 is 3.60. The molecule has 0 radical (unpaired) electrons. The lowest BCUT2D eigenvalue weighted by Crippen LogP contribution is -2.04. The molecule has 0 fully saturated rings. The topological polar surface area (TPSA) is 68.3 Å². The number of hydrogen-bond donors (Lipinski definition) is 1. The lowest BCUT2D eigenvalue weighted by molar-refractivity contribution is 0.111. The molecule has 108 valence electrons. The molecule has 2 N–H and O–H groups in total. The van der Waals surface area contributed by atoms with E-state index in [0.717, 1.165) is 38.4 Å². The second-order valence-electron chi connectivity index (χ2n) is 4.71. The Bertz CT molecular complexity index is 779. The van der Waals surface area contributed by atoms with Crippen molar-refractivity contribution in [1.82, 2.24) is 4.98 Å². The van der Waals surface area contributed by atoms with E-state index in [1.165, 1.54) is 6.20 Å². The number of carbonyl (C=O) groups is 1. The molecule has 1 aromatic heterocycles. The van der Waals surface area contributed by atoms with Crippen LogP contribution in [0.1, 0.15) is 27.2 Å². The van der Waals surface area contributed by atoms with Gasteiger partial charge in [0.25, 0.3) is 0 Å². The number of pyridine rings is 1. The first-order chi connectivity index (χ1) is 10.0. The van der Waals surface area contributed by atoms with Gasteiger partial charge in [-0.1, -0.05) is 15.9 Å². The molecule has 4 nitrogen and oxygen atoms in total. The highest BCUT2D eigenvalue weighted by Gasteiger charge is 2.14. The maximum absolute atomic E-state index is 11.2. The summed E-state index contributed by atoms with van der Waals surface area (Å²) in [7, 11) is 1.70. The lowest BCUT2D eigenvalue weighted by atomic mass is 9.97. The summed E-state index contributed by atoms with van der Waals surface area (Å²) < 4.78 is 1.03. The minimum atomic E-state index is 0.380. The molecule has 5 heteroatoms. The fourth-order valence-corrected chi connectivity index (χ4v) is 2.71. The SMILES string of the molecule is CN=C(C=CN)c1cc(C=O)nc2cc(C)c(Br)c(C)c12. The number of aromatic nitrogens is 1. The molecule has 1 aromatic carbocycles. The minimum absolute atomic E-state index is 0.380. The number of hydrogen-bond acceptors (Lipinski definition) is 4. The molecule has 2 aromatic rings. The minimum Gasteiger partial charge on any atom is -0.405 e. The van der Waals surface area contributed by atoms with Crippen molar-refractivity contribution in [3.05, 3.63) is 51.3 Å². The van der Waals surface area contributed by atoms with Gasteiger partial charge < -0.3 is 5.73 Å². The molecule has 2 rings (SSSR count). The van der Waals surface area contributed by atoms with Crippen molar-refractivity contribution in [1.29, 1.82) is 0 Å². The Morgan fingerprint density at radius 3 is 2.67 bits per heavy atom. The molecule has 0 amide bonds. The number of nitrogens with two attached hydrogens (primary N) is 1. The third-order valence-electron chi connectivity index (χ3n) is 3.36. The summed E-state index contributed by atoms with van der Waals surface area (Å²) in [4.78, 5) is 19.8. The number of aryl methyl sites for hydroxylation is 2. The Kier molecular flexibility index (Phi) is 4.53. The standard InChI is InChI=1S/C16H16BrN3O/c1-9-6-14-15(10(2)16(9)17)12(7-11(8-21)20-14)13(19-3)4-5-18/h4-8H,18H2,1-3H3. The van der Waals surface area contributed by atoms with Crippen molar-refractivity contribution in [2.45, 2.75) is 13.8 Å². The van der Waals surface area contributed by atoms with E-state index in [-0.39, 0.29) is 0 Å². The molecule has 0 saturated heterocycles. The third-order valence-corrected chi connectivity index (χ3v) is 4.58. The van der Waals surface area contributed by atoms with Crippen LogP contribution in [0.25, 0.3) is 10.9 Å². The third kappa shape index (κ3) is 2.74. The Morgan fingerprint density at radius 2 is 2.10 bits per heavy atom. The summed E-state index contributed by atoms with van der Waals surface area (Å²) in [6.45, 7) is 4.02. The van der Waals surface area contributed by atoms with Gasteiger partial charge in [0.1, 0.15) is 5.69 Å². The molecule has 0 unspecified atom stereocenters. The van der Waals surface area contributed by atoms with Crippen molar-refractivity contribution in [3.8, 4) is 0 Å². The fraction of sp³-hybridized carbons (Fsp3) is 0.188. The van der Waals surface area contributed by atoms with E-state index in [1.54, 1.807) is 19.2 Å². The average Bonchev–Trinajstić information content (AvgIpc) is 2.49. The number of rotatable bonds is 3. The molecule has 0 aliphatic carbocycles. The van der Waals surface area contributed by atoms with E-state index in [1.807, 2.05) is 19.9 Å². The Labute approximate surface area is 131 Å². The van der Waals surface area contributed by atoms with Gasteiger partial charge in [-0.15, -0.1) is 0 Å². The Hall–Kier alpha value is -2.01. The van der Waals surface area contributed by atoms with Crippen LogP contribution < -0.4 is 5.73 Å². The van der Waals surface area contributed by atoms with Gasteiger partial charge in [0.15, 0.2) is 6.29 Å². The first kappa shape index (κ1) is 15.4. The smallest absolute Gasteiger partial charge is 0.168 e. The van der Waals surface area contributed by atoms with Gasteiger partial charge in [0.05, 0.1) is 11.2 Å². The molecule has 0 spiro atoms. The first-order valence-electron chi connectivity index (χ1n) is 6.44. The molecule has 1 heterocycles. The Balaban J connectivity index is 2.97. The zero-order chi connectivity index (χ0) is 15.6. The molecule has 0 aliphatic rings. The number of fused-ring (bicyclic) bond motifs is 1. The average molecular weight is 346 g/mol. The molecule has 0 aliphatic heterocycles. The first-order valence-corrected chi connectivity index (χ1v) is 7.23. The van der Waals surface area contributed by atoms with Crippen molar-refractivity contribution in [3.63, 3.8) is 0 Å². The van der Waals surface area contributed by atoms with Gasteiger partial charge in [0, 0.05) is 22.5 Å². The highest BCUT2D eigenvalue weighted by Crippen LogP contribution is 2.31. The van der Waals surface area contributed by atoms with Crippen LogP contribution in [0, 0.1) is 13.8 Å². The summed E-state index contributed by atoms with van der Waals surface area (Å²) in [5.74, 6) is 0. The van der Waals surface area contributed by atoms with E-state index >= 15 is 0 Å². The van der Waals surface area contributed by atoms with Crippen LogP contribution in [0.2, 0.25) is 0 Å². The van der Waals surface area contributed by atoms with E-state index in [0.29, 0.717) is 11.4 Å². The molecule has 0 atom stereocenters. The van der Waals surface area contributed by atoms with Crippen molar-refractivity contribution in [2.75, 3.05) is 7.05 Å². The summed E-state index contributed by atoms with van der Waals surface area (Å²) in [6.07, 6.45) is 3.90. The van der Waals surface area contributed by atoms with Crippen LogP contribution >= 0.6 is 15.9 Å². The second kappa shape index (κ2) is 6.18. The van der Waals surface area contributed by atoms with Crippen molar-refractivity contribution < 1.29 is 4.79 Å². The van der Waals surface area contributed by atoms with Crippen molar-refractivity contribution in [2.24, 2.45) is 10.7 Å². The van der Waals surface area contributed by atoms with Crippen LogP contribution in [-0.2, 0) is 0 Å². The highest BCUT2D eigenvalue weighted by atomic mass is 79.9. The lowest BCUT2D eigenvalue weighted by Gasteiger charge is -2.13. The maximum Gasteiger partial charge on any atom is 0.168 e. The quantitative estimate of drug-likeness (QED) is 0.685. The second-order valence-corrected chi connectivity index (χ2v) is 5.50. The van der Waals surface area contributed by atoms with Gasteiger partial charge >= 0.3 is 0 Å². The maximum atomic E-state index is 11.2. The Morgan fingerprint density at radius 1 is 1.38 bits per heavy atom. The van der Waals surface area contributed by atoms with Gasteiger partial charge in [-0.05, 0) is 49.4 Å².